The first-order chi connectivity index (χ1) is 26.1. The molecule has 0 spiro atoms. The zero-order valence-electron chi connectivity index (χ0n) is 29.4. The highest BCUT2D eigenvalue weighted by Gasteiger charge is 2.14. The highest BCUT2D eigenvalue weighted by Crippen LogP contribution is 2.20. The lowest BCUT2D eigenvalue weighted by Gasteiger charge is -2.12. The van der Waals surface area contributed by atoms with Crippen LogP contribution in [0.1, 0.15) is 52.6 Å². The molecule has 6 aromatic rings. The van der Waals surface area contributed by atoms with E-state index in [1.54, 1.807) is 97.1 Å². The smallest absolute Gasteiger partial charge is 0.322 e. The number of urea groups is 1. The Morgan fingerprint density at radius 1 is 0.315 bits per heavy atom. The van der Waals surface area contributed by atoms with E-state index in [0.717, 1.165) is 11.1 Å². The summed E-state index contributed by atoms with van der Waals surface area (Å²) in [4.78, 5) is 64.8. The van der Waals surface area contributed by atoms with Crippen LogP contribution in [-0.4, -0.2) is 29.7 Å². The van der Waals surface area contributed by atoms with E-state index in [9.17, 15) is 24.0 Å². The molecule has 6 aromatic carbocycles. The molecule has 6 amide bonds. The van der Waals surface area contributed by atoms with E-state index in [1.807, 2.05) is 50.2 Å². The minimum absolute atomic E-state index is 0.276. The van der Waals surface area contributed by atoms with E-state index in [1.165, 1.54) is 12.1 Å². The maximum absolute atomic E-state index is 13.1. The lowest BCUT2D eigenvalue weighted by Crippen LogP contribution is -2.20. The third kappa shape index (κ3) is 9.83. The third-order valence-corrected chi connectivity index (χ3v) is 8.08. The second-order valence-corrected chi connectivity index (χ2v) is 12.5. The summed E-state index contributed by atoms with van der Waals surface area (Å²) in [7, 11) is 0. The van der Waals surface area contributed by atoms with Gasteiger partial charge in [0, 0.05) is 56.4 Å². The first-order valence-corrected chi connectivity index (χ1v) is 16.9. The van der Waals surface area contributed by atoms with Gasteiger partial charge in [0.25, 0.3) is 23.6 Å². The number of rotatable bonds is 10. The monoisotopic (exact) mass is 716 g/mol. The summed E-state index contributed by atoms with van der Waals surface area (Å²) >= 11 is 0. The number of benzene rings is 6. The quantitative estimate of drug-likeness (QED) is 0.0834. The Hall–Kier alpha value is -7.53. The fourth-order valence-corrected chi connectivity index (χ4v) is 5.50. The van der Waals surface area contributed by atoms with E-state index in [4.69, 9.17) is 0 Å². The van der Waals surface area contributed by atoms with Crippen LogP contribution in [0.4, 0.5) is 38.9 Å². The molecule has 0 aliphatic heterocycles. The SMILES string of the molecule is Cc1cccc(NC(=O)c2cccc(NC(=O)c3cccc(NC(=O)Nc4cccc(C(=O)Nc5cccc(C(=O)Nc6cccc(C)c6)c5)c4)c3)c2)c1. The van der Waals surface area contributed by atoms with Gasteiger partial charge in [0.1, 0.15) is 0 Å². The number of amides is 6. The van der Waals surface area contributed by atoms with Crippen LogP contribution in [0, 0.1) is 13.8 Å². The van der Waals surface area contributed by atoms with Gasteiger partial charge < -0.3 is 31.9 Å². The van der Waals surface area contributed by atoms with Gasteiger partial charge in [0.2, 0.25) is 0 Å². The van der Waals surface area contributed by atoms with Crippen molar-refractivity contribution in [3.63, 3.8) is 0 Å². The number of anilines is 6. The van der Waals surface area contributed by atoms with Crippen molar-refractivity contribution in [2.45, 2.75) is 13.8 Å². The summed E-state index contributed by atoms with van der Waals surface area (Å²) in [6.45, 7) is 3.87. The summed E-state index contributed by atoms with van der Waals surface area (Å²) in [5.74, 6) is -1.51. The summed E-state index contributed by atoms with van der Waals surface area (Å²) < 4.78 is 0. The fraction of sp³-hybridized carbons (Fsp3) is 0.0465. The van der Waals surface area contributed by atoms with Crippen LogP contribution in [0.3, 0.4) is 0 Å². The van der Waals surface area contributed by atoms with Crippen LogP contribution < -0.4 is 31.9 Å². The summed E-state index contributed by atoms with van der Waals surface area (Å²) in [5, 5.41) is 16.7. The van der Waals surface area contributed by atoms with Gasteiger partial charge in [-0.25, -0.2) is 4.79 Å². The summed E-state index contributed by atoms with van der Waals surface area (Å²) in [6.07, 6.45) is 0. The highest BCUT2D eigenvalue weighted by atomic mass is 16.2. The number of carbonyl (C=O) groups is 5. The lowest BCUT2D eigenvalue weighted by molar-refractivity contribution is 0.101. The molecular formula is C43H36N6O5. The Morgan fingerprint density at radius 2 is 0.556 bits per heavy atom. The predicted molar refractivity (Wildman–Crippen MR) is 213 cm³/mol. The lowest BCUT2D eigenvalue weighted by atomic mass is 10.1. The average Bonchev–Trinajstić information content (AvgIpc) is 3.15. The minimum Gasteiger partial charge on any atom is -0.322 e. The fourth-order valence-electron chi connectivity index (χ4n) is 5.50. The van der Waals surface area contributed by atoms with Crippen molar-refractivity contribution in [1.82, 2.24) is 0 Å². The van der Waals surface area contributed by atoms with Gasteiger partial charge in [0.15, 0.2) is 0 Å². The Morgan fingerprint density at radius 3 is 0.833 bits per heavy atom. The number of hydrogen-bond donors (Lipinski definition) is 6. The average molecular weight is 717 g/mol. The summed E-state index contributed by atoms with van der Waals surface area (Å²) in [6, 6.07) is 40.2. The molecule has 6 rings (SSSR count). The standard InChI is InChI=1S/C43H36N6O5/c1-27-9-3-15-33(21-27)44-39(50)29-11-5-17-35(23-29)46-41(52)31-13-7-19-37(25-31)48-43(54)49-38-20-8-14-32(26-38)42(53)47-36-18-6-12-30(24-36)40(51)45-34-16-4-10-28(2)22-34/h3-26H,1-2H3,(H,44,50)(H,45,51)(H,46,52)(H,47,53)(H2,48,49,54). The molecular weight excluding hydrogens is 681 g/mol. The van der Waals surface area contributed by atoms with Gasteiger partial charge in [-0.15, -0.1) is 0 Å². The molecule has 0 atom stereocenters. The molecule has 11 heteroatoms. The van der Waals surface area contributed by atoms with E-state index in [0.29, 0.717) is 45.3 Å². The molecule has 0 heterocycles. The molecule has 0 aliphatic rings. The van der Waals surface area contributed by atoms with Gasteiger partial charge in [-0.05, 0) is 122 Å². The van der Waals surface area contributed by atoms with Crippen molar-refractivity contribution in [1.29, 1.82) is 0 Å². The Kier molecular flexibility index (Phi) is 11.2. The number of aryl methyl sites for hydroxylation is 2. The van der Waals surface area contributed by atoms with E-state index < -0.39 is 17.8 Å². The topological polar surface area (TPSA) is 158 Å². The molecule has 0 aromatic heterocycles. The van der Waals surface area contributed by atoms with Gasteiger partial charge in [-0.1, -0.05) is 48.5 Å². The van der Waals surface area contributed by atoms with Crippen molar-refractivity contribution >= 4 is 63.8 Å². The largest absolute Gasteiger partial charge is 0.323 e. The van der Waals surface area contributed by atoms with Crippen LogP contribution in [0.2, 0.25) is 0 Å². The van der Waals surface area contributed by atoms with E-state index in [2.05, 4.69) is 31.9 Å². The highest BCUT2D eigenvalue weighted by molar-refractivity contribution is 6.10. The van der Waals surface area contributed by atoms with Crippen molar-refractivity contribution in [3.05, 3.63) is 179 Å². The molecule has 11 nitrogen and oxygen atoms in total. The van der Waals surface area contributed by atoms with Crippen LogP contribution >= 0.6 is 0 Å². The first kappa shape index (κ1) is 36.3. The molecule has 0 bridgehead atoms. The third-order valence-electron chi connectivity index (χ3n) is 8.08. The molecule has 0 unspecified atom stereocenters. The number of nitrogens with one attached hydrogen (secondary N) is 6. The maximum atomic E-state index is 13.1. The molecule has 0 fully saturated rings. The van der Waals surface area contributed by atoms with Gasteiger partial charge in [0.05, 0.1) is 0 Å². The zero-order chi connectivity index (χ0) is 38.0. The Balaban J connectivity index is 1.03. The van der Waals surface area contributed by atoms with E-state index >= 15 is 0 Å². The van der Waals surface area contributed by atoms with E-state index in [-0.39, 0.29) is 22.9 Å². The Bertz CT molecular complexity index is 2230. The molecule has 0 saturated carbocycles. The second-order valence-electron chi connectivity index (χ2n) is 12.5. The van der Waals surface area contributed by atoms with Gasteiger partial charge in [-0.3, -0.25) is 19.2 Å². The first-order valence-electron chi connectivity index (χ1n) is 16.9. The number of carbonyl (C=O) groups excluding carboxylic acids is 5. The van der Waals surface area contributed by atoms with Crippen LogP contribution in [0.15, 0.2) is 146 Å². The van der Waals surface area contributed by atoms with Crippen LogP contribution in [-0.2, 0) is 0 Å². The maximum Gasteiger partial charge on any atom is 0.323 e. The zero-order valence-corrected chi connectivity index (χ0v) is 29.4. The normalized spacial score (nSPS) is 10.4. The van der Waals surface area contributed by atoms with Crippen molar-refractivity contribution in [3.8, 4) is 0 Å². The Labute approximate surface area is 311 Å². The molecule has 268 valence electrons. The van der Waals surface area contributed by atoms with Crippen molar-refractivity contribution in [2.24, 2.45) is 0 Å². The minimum atomic E-state index is -0.593. The van der Waals surface area contributed by atoms with Crippen LogP contribution in [0.5, 0.6) is 0 Å². The second kappa shape index (κ2) is 16.7. The van der Waals surface area contributed by atoms with Crippen LogP contribution in [0.25, 0.3) is 0 Å². The number of hydrogen-bond acceptors (Lipinski definition) is 5. The molecule has 54 heavy (non-hydrogen) atoms. The van der Waals surface area contributed by atoms with Gasteiger partial charge in [-0.2, -0.15) is 0 Å². The van der Waals surface area contributed by atoms with Gasteiger partial charge >= 0.3 is 6.03 Å². The molecule has 0 saturated heterocycles. The van der Waals surface area contributed by atoms with Crippen molar-refractivity contribution < 1.29 is 24.0 Å². The predicted octanol–water partition coefficient (Wildman–Crippen LogP) is 8.96. The molecule has 0 radical (unpaired) electrons. The molecule has 6 N–H and O–H groups in total. The summed E-state index contributed by atoms with van der Waals surface area (Å²) in [5.41, 5.74) is 6.21. The molecule has 0 aliphatic carbocycles. The van der Waals surface area contributed by atoms with Crippen molar-refractivity contribution in [2.75, 3.05) is 31.9 Å².